The van der Waals surface area contributed by atoms with Gasteiger partial charge in [0.1, 0.15) is 6.04 Å². The first-order valence-corrected chi connectivity index (χ1v) is 17.2. The van der Waals surface area contributed by atoms with E-state index in [1.54, 1.807) is 6.07 Å². The van der Waals surface area contributed by atoms with Crippen LogP contribution in [0.4, 0.5) is 24.5 Å². The third-order valence-corrected chi connectivity index (χ3v) is 11.4. The van der Waals surface area contributed by atoms with Crippen molar-refractivity contribution in [3.63, 3.8) is 0 Å². The second-order valence-corrected chi connectivity index (χ2v) is 15.2. The van der Waals surface area contributed by atoms with E-state index in [9.17, 15) is 39.6 Å². The molecule has 0 aromatic heterocycles. The zero-order valence-electron chi connectivity index (χ0n) is 24.5. The van der Waals surface area contributed by atoms with E-state index in [1.807, 2.05) is 37.3 Å². The van der Waals surface area contributed by atoms with Crippen molar-refractivity contribution in [3.05, 3.63) is 71.8 Å². The highest BCUT2D eigenvalue weighted by Crippen LogP contribution is 2.38. The number of likely N-dealkylation sites (N-methyl/N-ethyl adjacent to an activating group) is 1. The van der Waals surface area contributed by atoms with E-state index in [-0.39, 0.29) is 17.9 Å². The normalized spacial score (nSPS) is 16.9. The Morgan fingerprint density at radius 1 is 1.02 bits per heavy atom. The van der Waals surface area contributed by atoms with Crippen molar-refractivity contribution in [1.82, 2.24) is 10.2 Å². The lowest BCUT2D eigenvalue weighted by atomic mass is 9.98. The molecule has 0 saturated heterocycles. The van der Waals surface area contributed by atoms with Gasteiger partial charge in [0.25, 0.3) is 5.91 Å². The number of hydrogen-bond acceptors (Lipinski definition) is 7. The first kappa shape index (κ1) is 33.2. The topological polar surface area (TPSA) is 124 Å². The van der Waals surface area contributed by atoms with Crippen molar-refractivity contribution in [2.75, 3.05) is 40.7 Å². The Kier molecular flexibility index (Phi) is 9.33. The zero-order valence-corrected chi connectivity index (χ0v) is 26.1. The molecule has 3 aromatic carbocycles. The summed E-state index contributed by atoms with van der Waals surface area (Å²) in [5.41, 5.74) is 1.36. The van der Waals surface area contributed by atoms with Crippen LogP contribution in [0.5, 0.6) is 0 Å². The van der Waals surface area contributed by atoms with Crippen molar-refractivity contribution in [2.24, 2.45) is 0 Å². The largest absolute Gasteiger partial charge is 0.471 e. The van der Waals surface area contributed by atoms with Gasteiger partial charge >= 0.3 is 12.1 Å². The average molecular weight is 655 g/mol. The van der Waals surface area contributed by atoms with E-state index >= 15 is 0 Å². The highest BCUT2D eigenvalue weighted by Gasteiger charge is 2.50. The number of halogens is 3. The van der Waals surface area contributed by atoms with Crippen LogP contribution in [0.25, 0.3) is 10.8 Å². The van der Waals surface area contributed by atoms with Crippen molar-refractivity contribution in [1.29, 1.82) is 0 Å². The number of nitrogens with zero attached hydrogens (tertiary/aromatic N) is 3. The predicted octanol–water partition coefficient (Wildman–Crippen LogP) is 3.20. The van der Waals surface area contributed by atoms with E-state index in [4.69, 9.17) is 0 Å². The quantitative estimate of drug-likeness (QED) is 0.376. The molecule has 0 unspecified atom stereocenters. The van der Waals surface area contributed by atoms with Crippen LogP contribution in [-0.4, -0.2) is 83.3 Å². The van der Waals surface area contributed by atoms with Gasteiger partial charge in [-0.15, -0.1) is 0 Å². The van der Waals surface area contributed by atoms with Gasteiger partial charge in [-0.2, -0.15) is 13.2 Å². The number of amides is 2. The zero-order chi connectivity index (χ0) is 32.6. The monoisotopic (exact) mass is 654 g/mol. The SMILES string of the molecule is CN[C@@H](C)CN(C(=O)C(F)(F)F)[C@H]1CN(S(=O)(=O)CS(C)(=O)=O)c2ccccc2N(Cc2c(C)ccc3ccccc23)C1=O. The summed E-state index contributed by atoms with van der Waals surface area (Å²) in [7, 11) is -7.46. The maximum atomic E-state index is 14.5. The molecular weight excluding hydrogens is 621 g/mol. The van der Waals surface area contributed by atoms with Gasteiger partial charge in [-0.1, -0.05) is 48.5 Å². The van der Waals surface area contributed by atoms with Crippen LogP contribution in [0.1, 0.15) is 18.1 Å². The molecule has 0 bridgehead atoms. The Hall–Kier alpha value is -3.69. The minimum atomic E-state index is -5.39. The number of para-hydroxylation sites is 2. The molecule has 1 N–H and O–H groups in total. The number of sulfonamides is 1. The minimum absolute atomic E-state index is 0.0329. The maximum Gasteiger partial charge on any atom is 0.471 e. The molecule has 3 aromatic rings. The predicted molar refractivity (Wildman–Crippen MR) is 162 cm³/mol. The first-order chi connectivity index (χ1) is 20.4. The number of anilines is 2. The van der Waals surface area contributed by atoms with Gasteiger partial charge < -0.3 is 15.1 Å². The molecule has 1 aliphatic rings. The summed E-state index contributed by atoms with van der Waals surface area (Å²) in [5, 5.41) is 2.99. The Labute approximate surface area is 254 Å². The van der Waals surface area contributed by atoms with Crippen LogP contribution in [0.3, 0.4) is 0 Å². The molecule has 2 atom stereocenters. The molecule has 4 rings (SSSR count). The number of nitrogens with one attached hydrogen (secondary N) is 1. The molecule has 0 aliphatic carbocycles. The van der Waals surface area contributed by atoms with Crippen LogP contribution in [0, 0.1) is 6.92 Å². The first-order valence-electron chi connectivity index (χ1n) is 13.6. The number of rotatable bonds is 9. The van der Waals surface area contributed by atoms with E-state index in [2.05, 4.69) is 5.32 Å². The molecule has 10 nitrogen and oxygen atoms in total. The highest BCUT2D eigenvalue weighted by molar-refractivity contribution is 8.08. The molecule has 44 heavy (non-hydrogen) atoms. The Bertz CT molecular complexity index is 1800. The molecule has 1 aliphatic heterocycles. The number of fused-ring (bicyclic) bond motifs is 2. The van der Waals surface area contributed by atoms with Crippen molar-refractivity contribution < 1.29 is 39.6 Å². The Morgan fingerprint density at radius 2 is 1.64 bits per heavy atom. The fourth-order valence-electron chi connectivity index (χ4n) is 5.24. The molecule has 0 fully saturated rings. The second-order valence-electron chi connectivity index (χ2n) is 10.8. The summed E-state index contributed by atoms with van der Waals surface area (Å²) < 4.78 is 94.1. The maximum absolute atomic E-state index is 14.5. The number of carbonyl (C=O) groups excluding carboxylic acids is 2. The molecule has 15 heteroatoms. The van der Waals surface area contributed by atoms with Crippen molar-refractivity contribution in [3.8, 4) is 0 Å². The molecule has 0 saturated carbocycles. The number of aryl methyl sites for hydroxylation is 1. The van der Waals surface area contributed by atoms with Crippen LogP contribution in [0.2, 0.25) is 0 Å². The smallest absolute Gasteiger partial charge is 0.319 e. The lowest BCUT2D eigenvalue weighted by molar-refractivity contribution is -0.188. The minimum Gasteiger partial charge on any atom is -0.319 e. The summed E-state index contributed by atoms with van der Waals surface area (Å²) >= 11 is 0. The fraction of sp³-hybridized carbons (Fsp3) is 0.379. The Balaban J connectivity index is 1.99. The lowest BCUT2D eigenvalue weighted by Gasteiger charge is -2.36. The molecule has 2 amide bonds. The molecule has 238 valence electrons. The third kappa shape index (κ3) is 7.00. The van der Waals surface area contributed by atoms with E-state index in [0.29, 0.717) is 21.0 Å². The Morgan fingerprint density at radius 3 is 2.25 bits per heavy atom. The summed E-state index contributed by atoms with van der Waals surface area (Å²) in [6.45, 7) is 1.61. The summed E-state index contributed by atoms with van der Waals surface area (Å²) in [5.74, 6) is -3.28. The van der Waals surface area contributed by atoms with Gasteiger partial charge in [0.2, 0.25) is 10.0 Å². The van der Waals surface area contributed by atoms with Gasteiger partial charge in [-0.25, -0.2) is 16.8 Å². The lowest BCUT2D eigenvalue weighted by Crippen LogP contribution is -2.59. The van der Waals surface area contributed by atoms with Gasteiger partial charge in [-0.05, 0) is 54.9 Å². The molecule has 0 radical (unpaired) electrons. The van der Waals surface area contributed by atoms with Crippen LogP contribution in [-0.2, 0) is 36.0 Å². The van der Waals surface area contributed by atoms with Gasteiger partial charge in [0.15, 0.2) is 14.9 Å². The van der Waals surface area contributed by atoms with Gasteiger partial charge in [0, 0.05) is 18.8 Å². The summed E-state index contributed by atoms with van der Waals surface area (Å²) in [6.07, 6.45) is -4.68. The number of alkyl halides is 3. The fourth-order valence-corrected chi connectivity index (χ4v) is 8.74. The number of benzene rings is 3. The van der Waals surface area contributed by atoms with Crippen LogP contribution >= 0.6 is 0 Å². The summed E-state index contributed by atoms with van der Waals surface area (Å²) in [4.78, 5) is 28.8. The van der Waals surface area contributed by atoms with Crippen molar-refractivity contribution in [2.45, 2.75) is 38.7 Å². The number of sulfone groups is 1. The standard InChI is InChI=1S/C29H33F3N4O6S2/c1-19-13-14-21-9-5-6-10-22(21)23(19)16-34-24-11-7-8-12-25(24)36(44(41,42)18-43(4,39)40)17-26(27(34)37)35(15-20(2)33-3)28(38)29(30,31)32/h5-14,20,26,33H,15-18H2,1-4H3/t20-,26-/m0/s1. The van der Waals surface area contributed by atoms with Gasteiger partial charge in [-0.3, -0.25) is 13.9 Å². The summed E-state index contributed by atoms with van der Waals surface area (Å²) in [6, 6.07) is 14.1. The molecule has 0 spiro atoms. The van der Waals surface area contributed by atoms with Crippen LogP contribution in [0.15, 0.2) is 60.7 Å². The van der Waals surface area contributed by atoms with E-state index in [0.717, 1.165) is 16.3 Å². The third-order valence-electron chi connectivity index (χ3n) is 7.46. The highest BCUT2D eigenvalue weighted by atomic mass is 32.3. The van der Waals surface area contributed by atoms with Crippen LogP contribution < -0.4 is 14.5 Å². The number of hydrogen-bond donors (Lipinski definition) is 1. The van der Waals surface area contributed by atoms with Gasteiger partial charge in [0.05, 0.1) is 24.5 Å². The van der Waals surface area contributed by atoms with E-state index in [1.165, 1.54) is 43.1 Å². The molecular formula is C29H33F3N4O6S2. The second kappa shape index (κ2) is 12.4. The average Bonchev–Trinajstić information content (AvgIpc) is 3.05. The van der Waals surface area contributed by atoms with E-state index < -0.39 is 68.1 Å². The van der Waals surface area contributed by atoms with Crippen molar-refractivity contribution >= 4 is 53.8 Å². The number of carbonyl (C=O) groups is 2. The molecule has 1 heterocycles.